The molecule has 1 aliphatic rings. The molecular formula is C20H22N2O3. The van der Waals surface area contributed by atoms with Crippen LogP contribution in [0, 0.1) is 0 Å². The van der Waals surface area contributed by atoms with Gasteiger partial charge >= 0.3 is 0 Å². The fraction of sp³-hybridized carbons (Fsp3) is 0.300. The Morgan fingerprint density at radius 3 is 2.44 bits per heavy atom. The van der Waals surface area contributed by atoms with E-state index in [9.17, 15) is 9.59 Å². The Morgan fingerprint density at radius 1 is 1.08 bits per heavy atom. The molecule has 2 amide bonds. The predicted molar refractivity (Wildman–Crippen MR) is 96.6 cm³/mol. The highest BCUT2D eigenvalue weighted by Crippen LogP contribution is 2.30. The lowest BCUT2D eigenvalue weighted by atomic mass is 10.2. The molecule has 0 unspecified atom stereocenters. The summed E-state index contributed by atoms with van der Waals surface area (Å²) in [4.78, 5) is 25.7. The smallest absolute Gasteiger partial charge is 0.226 e. The molecule has 0 atom stereocenters. The van der Waals surface area contributed by atoms with Gasteiger partial charge in [0.15, 0.2) is 5.75 Å². The monoisotopic (exact) mass is 338 g/mol. The number of para-hydroxylation sites is 3. The van der Waals surface area contributed by atoms with Gasteiger partial charge in [-0.2, -0.15) is 0 Å². The van der Waals surface area contributed by atoms with E-state index in [4.69, 9.17) is 4.74 Å². The van der Waals surface area contributed by atoms with E-state index in [1.807, 2.05) is 48.5 Å². The molecule has 130 valence electrons. The Hall–Kier alpha value is -2.82. The largest absolute Gasteiger partial charge is 0.455 e. The molecular weight excluding hydrogens is 316 g/mol. The third kappa shape index (κ3) is 4.83. The van der Waals surface area contributed by atoms with Gasteiger partial charge in [0.25, 0.3) is 0 Å². The van der Waals surface area contributed by atoms with Gasteiger partial charge in [0.2, 0.25) is 11.8 Å². The van der Waals surface area contributed by atoms with E-state index in [1.54, 1.807) is 17.9 Å². The first-order valence-electron chi connectivity index (χ1n) is 8.52. The van der Waals surface area contributed by atoms with E-state index < -0.39 is 0 Å². The summed E-state index contributed by atoms with van der Waals surface area (Å²) in [6.45, 7) is 2.01. The van der Waals surface area contributed by atoms with E-state index in [-0.39, 0.29) is 18.2 Å². The highest BCUT2D eigenvalue weighted by Gasteiger charge is 2.30. The molecule has 0 bridgehead atoms. The summed E-state index contributed by atoms with van der Waals surface area (Å²) in [5, 5.41) is 2.88. The fourth-order valence-electron chi connectivity index (χ4n) is 2.69. The van der Waals surface area contributed by atoms with Crippen LogP contribution in [0.4, 0.5) is 5.69 Å². The second-order valence-corrected chi connectivity index (χ2v) is 6.15. The minimum absolute atomic E-state index is 0.0307. The highest BCUT2D eigenvalue weighted by atomic mass is 16.5. The number of carbonyl (C=O) groups is 2. The maximum absolute atomic E-state index is 12.3. The lowest BCUT2D eigenvalue weighted by Crippen LogP contribution is -2.33. The lowest BCUT2D eigenvalue weighted by molar-refractivity contribution is -0.129. The van der Waals surface area contributed by atoms with Gasteiger partial charge in [0.1, 0.15) is 5.75 Å². The normalized spacial score (nSPS) is 13.2. The number of carbonyl (C=O) groups excluding carboxylic acids is 2. The quantitative estimate of drug-likeness (QED) is 0.835. The molecule has 0 radical (unpaired) electrons. The molecule has 1 saturated carbocycles. The first-order chi connectivity index (χ1) is 12.1. The zero-order valence-corrected chi connectivity index (χ0v) is 14.3. The molecule has 2 aromatic rings. The molecule has 0 spiro atoms. The summed E-state index contributed by atoms with van der Waals surface area (Å²) in [6.07, 6.45) is 2.35. The van der Waals surface area contributed by atoms with E-state index in [2.05, 4.69) is 5.32 Å². The van der Waals surface area contributed by atoms with Gasteiger partial charge in [-0.3, -0.25) is 9.59 Å². The second kappa shape index (κ2) is 7.83. The molecule has 3 rings (SSSR count). The molecule has 5 nitrogen and oxygen atoms in total. The number of hydrogen-bond acceptors (Lipinski definition) is 3. The number of nitrogens with zero attached hydrogens (tertiary/aromatic N) is 1. The van der Waals surface area contributed by atoms with Crippen molar-refractivity contribution < 1.29 is 14.3 Å². The van der Waals surface area contributed by atoms with Crippen molar-refractivity contribution in [3.8, 4) is 11.5 Å². The van der Waals surface area contributed by atoms with Gasteiger partial charge in [0.05, 0.1) is 5.69 Å². The first-order valence-corrected chi connectivity index (χ1v) is 8.52. The fourth-order valence-corrected chi connectivity index (χ4v) is 2.69. The standard InChI is InChI=1S/C20H22N2O3/c1-15(23)22(16-11-12-16)14-13-20(24)21-18-9-5-6-10-19(18)25-17-7-3-2-4-8-17/h2-10,16H,11-14H2,1H3,(H,21,24). The average Bonchev–Trinajstić information content (AvgIpc) is 3.42. The summed E-state index contributed by atoms with van der Waals surface area (Å²) >= 11 is 0. The Morgan fingerprint density at radius 2 is 1.76 bits per heavy atom. The van der Waals surface area contributed by atoms with Crippen molar-refractivity contribution in [1.29, 1.82) is 0 Å². The van der Waals surface area contributed by atoms with Crippen LogP contribution in [0.3, 0.4) is 0 Å². The topological polar surface area (TPSA) is 58.6 Å². The molecule has 5 heteroatoms. The number of rotatable bonds is 7. The molecule has 1 fully saturated rings. The van der Waals surface area contributed by atoms with E-state index in [0.29, 0.717) is 29.8 Å². The molecule has 0 saturated heterocycles. The molecule has 0 aliphatic heterocycles. The first kappa shape index (κ1) is 17.0. The third-order valence-corrected chi connectivity index (χ3v) is 4.10. The Bertz CT molecular complexity index is 742. The van der Waals surface area contributed by atoms with Gasteiger partial charge in [-0.05, 0) is 37.1 Å². The van der Waals surface area contributed by atoms with E-state index in [0.717, 1.165) is 12.8 Å². The zero-order valence-electron chi connectivity index (χ0n) is 14.3. The summed E-state index contributed by atoms with van der Waals surface area (Å²) in [5.74, 6) is 1.20. The van der Waals surface area contributed by atoms with Crippen LogP contribution in [0.15, 0.2) is 54.6 Å². The minimum atomic E-state index is -0.129. The second-order valence-electron chi connectivity index (χ2n) is 6.15. The van der Waals surface area contributed by atoms with Gasteiger partial charge in [-0.1, -0.05) is 30.3 Å². The van der Waals surface area contributed by atoms with Crippen LogP contribution in [0.1, 0.15) is 26.2 Å². The SMILES string of the molecule is CC(=O)N(CCC(=O)Nc1ccccc1Oc1ccccc1)C1CC1. The van der Waals surface area contributed by atoms with Crippen LogP contribution in [-0.4, -0.2) is 29.3 Å². The average molecular weight is 338 g/mol. The van der Waals surface area contributed by atoms with Gasteiger partial charge in [0, 0.05) is 25.9 Å². The molecule has 1 N–H and O–H groups in total. The van der Waals surface area contributed by atoms with Crippen LogP contribution in [-0.2, 0) is 9.59 Å². The van der Waals surface area contributed by atoms with Gasteiger partial charge < -0.3 is 15.0 Å². The summed E-state index contributed by atoms with van der Waals surface area (Å²) < 4.78 is 5.84. The van der Waals surface area contributed by atoms with Crippen LogP contribution < -0.4 is 10.1 Å². The molecule has 1 aliphatic carbocycles. The van der Waals surface area contributed by atoms with Crippen molar-refractivity contribution in [2.75, 3.05) is 11.9 Å². The number of anilines is 1. The number of ether oxygens (including phenoxy) is 1. The van der Waals surface area contributed by atoms with E-state index >= 15 is 0 Å². The van der Waals surface area contributed by atoms with Crippen LogP contribution in [0.2, 0.25) is 0 Å². The Labute approximate surface area is 147 Å². The van der Waals surface area contributed by atoms with Gasteiger partial charge in [-0.15, -0.1) is 0 Å². The summed E-state index contributed by atoms with van der Waals surface area (Å²) in [7, 11) is 0. The van der Waals surface area contributed by atoms with Crippen LogP contribution >= 0.6 is 0 Å². The van der Waals surface area contributed by atoms with E-state index in [1.165, 1.54) is 0 Å². The van der Waals surface area contributed by atoms with Crippen LogP contribution in [0.5, 0.6) is 11.5 Å². The number of benzene rings is 2. The molecule has 2 aromatic carbocycles. The predicted octanol–water partition coefficient (Wildman–Crippen LogP) is 3.82. The summed E-state index contributed by atoms with van der Waals surface area (Å²) in [5.41, 5.74) is 0.622. The number of amides is 2. The lowest BCUT2D eigenvalue weighted by Gasteiger charge is -2.20. The molecule has 0 aromatic heterocycles. The Kier molecular flexibility index (Phi) is 5.33. The number of nitrogens with one attached hydrogen (secondary N) is 1. The summed E-state index contributed by atoms with van der Waals surface area (Å²) in [6, 6.07) is 17.1. The molecule has 25 heavy (non-hydrogen) atoms. The van der Waals surface area contributed by atoms with Crippen molar-refractivity contribution in [3.63, 3.8) is 0 Å². The minimum Gasteiger partial charge on any atom is -0.455 e. The van der Waals surface area contributed by atoms with Crippen molar-refractivity contribution in [2.45, 2.75) is 32.2 Å². The molecule has 0 heterocycles. The number of hydrogen-bond donors (Lipinski definition) is 1. The van der Waals surface area contributed by atoms with Crippen molar-refractivity contribution in [3.05, 3.63) is 54.6 Å². The van der Waals surface area contributed by atoms with Crippen molar-refractivity contribution >= 4 is 17.5 Å². The maximum Gasteiger partial charge on any atom is 0.226 e. The van der Waals surface area contributed by atoms with Crippen molar-refractivity contribution in [2.24, 2.45) is 0 Å². The van der Waals surface area contributed by atoms with Gasteiger partial charge in [-0.25, -0.2) is 0 Å². The zero-order chi connectivity index (χ0) is 17.6. The van der Waals surface area contributed by atoms with Crippen molar-refractivity contribution in [1.82, 2.24) is 4.90 Å². The maximum atomic E-state index is 12.3. The third-order valence-electron chi connectivity index (χ3n) is 4.10. The van der Waals surface area contributed by atoms with Crippen LogP contribution in [0.25, 0.3) is 0 Å². The Balaban J connectivity index is 1.60. The highest BCUT2D eigenvalue weighted by molar-refractivity contribution is 5.92.